The lowest BCUT2D eigenvalue weighted by Gasteiger charge is -2.15. The van der Waals surface area contributed by atoms with E-state index < -0.39 is 17.7 Å². The third kappa shape index (κ3) is 2.66. The predicted molar refractivity (Wildman–Crippen MR) is 69.8 cm³/mol. The maximum Gasteiger partial charge on any atom is 0.165 e. The van der Waals surface area contributed by atoms with Gasteiger partial charge in [0.15, 0.2) is 11.6 Å². The predicted octanol–water partition coefficient (Wildman–Crippen LogP) is 2.60. The Kier molecular flexibility index (Phi) is 3.66. The second-order valence-electron chi connectivity index (χ2n) is 4.15. The molecule has 0 amide bonds. The van der Waals surface area contributed by atoms with E-state index in [1.54, 1.807) is 24.3 Å². The third-order valence-corrected chi connectivity index (χ3v) is 2.90. The summed E-state index contributed by atoms with van der Waals surface area (Å²) in [6.07, 6.45) is 0. The van der Waals surface area contributed by atoms with Gasteiger partial charge in [-0.1, -0.05) is 12.1 Å². The van der Waals surface area contributed by atoms with Crippen molar-refractivity contribution in [3.8, 4) is 5.75 Å². The molecule has 0 fully saturated rings. The Labute approximate surface area is 109 Å². The average molecular weight is 264 g/mol. The highest BCUT2D eigenvalue weighted by atomic mass is 19.1. The van der Waals surface area contributed by atoms with Gasteiger partial charge in [0.25, 0.3) is 0 Å². The first-order valence-electron chi connectivity index (χ1n) is 5.67. The first-order chi connectivity index (χ1) is 9.02. The van der Waals surface area contributed by atoms with Crippen molar-refractivity contribution >= 4 is 5.69 Å². The highest BCUT2D eigenvalue weighted by molar-refractivity contribution is 5.43. The van der Waals surface area contributed by atoms with E-state index in [0.717, 1.165) is 12.1 Å². The fourth-order valence-electron chi connectivity index (χ4n) is 1.82. The Morgan fingerprint density at radius 2 is 1.68 bits per heavy atom. The number of hydrogen-bond acceptors (Lipinski definition) is 3. The van der Waals surface area contributed by atoms with Crippen LogP contribution in [0.15, 0.2) is 36.4 Å². The summed E-state index contributed by atoms with van der Waals surface area (Å²) in [5, 5.41) is 0. The Morgan fingerprint density at radius 3 is 2.26 bits per heavy atom. The summed E-state index contributed by atoms with van der Waals surface area (Å²) in [6, 6.07) is 7.96. The topological polar surface area (TPSA) is 61.3 Å². The van der Waals surface area contributed by atoms with Crippen LogP contribution in [-0.2, 0) is 0 Å². The average Bonchev–Trinajstić information content (AvgIpc) is 2.41. The number of nitrogens with two attached hydrogens (primary N) is 2. The van der Waals surface area contributed by atoms with Crippen molar-refractivity contribution in [3.63, 3.8) is 0 Å². The lowest BCUT2D eigenvalue weighted by Crippen LogP contribution is -2.14. The van der Waals surface area contributed by atoms with Crippen LogP contribution in [0.4, 0.5) is 14.5 Å². The smallest absolute Gasteiger partial charge is 0.165 e. The number of nitrogen functional groups attached to an aromatic ring is 1. The lowest BCUT2D eigenvalue weighted by atomic mass is 9.98. The number of anilines is 1. The molecule has 0 aliphatic rings. The van der Waals surface area contributed by atoms with Crippen LogP contribution in [0.2, 0.25) is 0 Å². The van der Waals surface area contributed by atoms with Gasteiger partial charge >= 0.3 is 0 Å². The molecular formula is C14H14F2N2O. The maximum absolute atomic E-state index is 13.9. The number of benzene rings is 2. The molecule has 0 aromatic heterocycles. The van der Waals surface area contributed by atoms with Crippen LogP contribution < -0.4 is 16.2 Å². The van der Waals surface area contributed by atoms with Crippen molar-refractivity contribution in [2.75, 3.05) is 12.8 Å². The molecule has 0 saturated heterocycles. The van der Waals surface area contributed by atoms with Crippen LogP contribution in [-0.4, -0.2) is 7.11 Å². The molecule has 1 unspecified atom stereocenters. The van der Waals surface area contributed by atoms with Gasteiger partial charge in [-0.25, -0.2) is 8.78 Å². The van der Waals surface area contributed by atoms with E-state index in [-0.39, 0.29) is 11.3 Å². The highest BCUT2D eigenvalue weighted by Crippen LogP contribution is 2.28. The summed E-state index contributed by atoms with van der Waals surface area (Å²) >= 11 is 0. The van der Waals surface area contributed by atoms with Crippen molar-refractivity contribution in [2.24, 2.45) is 5.73 Å². The van der Waals surface area contributed by atoms with E-state index in [0.29, 0.717) is 11.3 Å². The Morgan fingerprint density at radius 1 is 1.05 bits per heavy atom. The number of methoxy groups -OCH3 is 1. The molecule has 5 heteroatoms. The molecule has 2 rings (SSSR count). The molecule has 0 aliphatic carbocycles. The van der Waals surface area contributed by atoms with Crippen LogP contribution in [0.1, 0.15) is 17.2 Å². The molecule has 19 heavy (non-hydrogen) atoms. The van der Waals surface area contributed by atoms with Crippen LogP contribution >= 0.6 is 0 Å². The molecule has 2 aromatic rings. The van der Waals surface area contributed by atoms with Gasteiger partial charge < -0.3 is 16.2 Å². The van der Waals surface area contributed by atoms with Crippen LogP contribution in [0.3, 0.4) is 0 Å². The van der Waals surface area contributed by atoms with E-state index in [1.165, 1.54) is 7.11 Å². The first-order valence-corrected chi connectivity index (χ1v) is 5.67. The summed E-state index contributed by atoms with van der Waals surface area (Å²) in [5.74, 6) is -1.40. The molecule has 0 spiro atoms. The zero-order valence-electron chi connectivity index (χ0n) is 10.4. The molecule has 1 atom stereocenters. The quantitative estimate of drug-likeness (QED) is 0.838. The molecule has 0 heterocycles. The fourth-order valence-corrected chi connectivity index (χ4v) is 1.82. The first kappa shape index (κ1) is 13.3. The molecule has 0 aliphatic heterocycles. The fraction of sp³-hybridized carbons (Fsp3) is 0.143. The van der Waals surface area contributed by atoms with Crippen molar-refractivity contribution in [2.45, 2.75) is 6.04 Å². The second-order valence-corrected chi connectivity index (χ2v) is 4.15. The van der Waals surface area contributed by atoms with Crippen molar-refractivity contribution < 1.29 is 13.5 Å². The minimum absolute atomic E-state index is 0.0723. The van der Waals surface area contributed by atoms with Crippen LogP contribution in [0.5, 0.6) is 5.75 Å². The second kappa shape index (κ2) is 5.24. The Hall–Kier alpha value is -2.14. The molecule has 0 saturated carbocycles. The van der Waals surface area contributed by atoms with Crippen LogP contribution in [0.25, 0.3) is 0 Å². The number of ether oxygens (including phenoxy) is 1. The largest absolute Gasteiger partial charge is 0.494 e. The Bertz CT molecular complexity index is 585. The molecule has 0 bridgehead atoms. The van der Waals surface area contributed by atoms with Gasteiger partial charge in [0.2, 0.25) is 0 Å². The zero-order chi connectivity index (χ0) is 14.0. The van der Waals surface area contributed by atoms with Crippen molar-refractivity contribution in [1.82, 2.24) is 0 Å². The minimum Gasteiger partial charge on any atom is -0.494 e. The van der Waals surface area contributed by atoms with Gasteiger partial charge in [-0.05, 0) is 23.8 Å². The number of rotatable bonds is 3. The van der Waals surface area contributed by atoms with E-state index in [2.05, 4.69) is 0 Å². The van der Waals surface area contributed by atoms with E-state index >= 15 is 0 Å². The molecule has 0 radical (unpaired) electrons. The summed E-state index contributed by atoms with van der Waals surface area (Å²) in [5.41, 5.74) is 12.8. The van der Waals surface area contributed by atoms with Gasteiger partial charge in [-0.2, -0.15) is 0 Å². The molecule has 100 valence electrons. The molecule has 3 nitrogen and oxygen atoms in total. The van der Waals surface area contributed by atoms with E-state index in [1.807, 2.05) is 0 Å². The lowest BCUT2D eigenvalue weighted by molar-refractivity contribution is 0.381. The number of hydrogen-bond donors (Lipinski definition) is 2. The number of halogens is 2. The highest BCUT2D eigenvalue weighted by Gasteiger charge is 2.17. The van der Waals surface area contributed by atoms with Gasteiger partial charge in [0.1, 0.15) is 5.82 Å². The van der Waals surface area contributed by atoms with E-state index in [4.69, 9.17) is 16.2 Å². The summed E-state index contributed by atoms with van der Waals surface area (Å²) < 4.78 is 32.2. The van der Waals surface area contributed by atoms with Gasteiger partial charge in [-0.3, -0.25) is 0 Å². The Balaban J connectivity index is 2.41. The van der Waals surface area contributed by atoms with Gasteiger partial charge in [0, 0.05) is 17.3 Å². The molecular weight excluding hydrogens is 250 g/mol. The molecule has 2 aromatic carbocycles. The van der Waals surface area contributed by atoms with Gasteiger partial charge in [-0.15, -0.1) is 0 Å². The van der Waals surface area contributed by atoms with Crippen LogP contribution in [0, 0.1) is 11.6 Å². The molecule has 4 N–H and O–H groups in total. The summed E-state index contributed by atoms with van der Waals surface area (Å²) in [7, 11) is 1.28. The standard InChI is InChI=1S/C14H14F2N2O/c1-19-13-7-11(15)10(6-12(13)16)14(18)8-2-4-9(17)5-3-8/h2-7,14H,17-18H2,1H3. The summed E-state index contributed by atoms with van der Waals surface area (Å²) in [6.45, 7) is 0. The zero-order valence-corrected chi connectivity index (χ0v) is 10.4. The minimum atomic E-state index is -0.763. The van der Waals surface area contributed by atoms with Gasteiger partial charge in [0.05, 0.1) is 13.2 Å². The monoisotopic (exact) mass is 264 g/mol. The maximum atomic E-state index is 13.9. The van der Waals surface area contributed by atoms with Crippen molar-refractivity contribution in [3.05, 3.63) is 59.2 Å². The third-order valence-electron chi connectivity index (χ3n) is 2.90. The normalized spacial score (nSPS) is 12.2. The van der Waals surface area contributed by atoms with E-state index in [9.17, 15) is 8.78 Å². The SMILES string of the molecule is COc1cc(F)c(C(N)c2ccc(N)cc2)cc1F. The summed E-state index contributed by atoms with van der Waals surface area (Å²) in [4.78, 5) is 0. The van der Waals surface area contributed by atoms with Crippen molar-refractivity contribution in [1.29, 1.82) is 0 Å².